The van der Waals surface area contributed by atoms with Crippen molar-refractivity contribution in [2.45, 2.75) is 56.8 Å². The van der Waals surface area contributed by atoms with Gasteiger partial charge in [-0.05, 0) is 60.2 Å². The molecule has 40 heavy (non-hydrogen) atoms. The molecule has 1 saturated heterocycles. The van der Waals surface area contributed by atoms with Gasteiger partial charge < -0.3 is 9.64 Å². The normalized spacial score (nSPS) is 20.6. The highest BCUT2D eigenvalue weighted by molar-refractivity contribution is 7.92. The van der Waals surface area contributed by atoms with Gasteiger partial charge >= 0.3 is 5.97 Å². The lowest BCUT2D eigenvalue weighted by molar-refractivity contribution is -0.154. The number of carbonyl (C=O) groups is 2. The Bertz CT molecular complexity index is 1470. The van der Waals surface area contributed by atoms with E-state index in [0.717, 1.165) is 40.5 Å². The van der Waals surface area contributed by atoms with Gasteiger partial charge in [-0.2, -0.15) is 0 Å². The largest absolute Gasteiger partial charge is 0.437 e. The lowest BCUT2D eigenvalue weighted by Gasteiger charge is -2.42. The van der Waals surface area contributed by atoms with E-state index in [1.807, 2.05) is 60.7 Å². The van der Waals surface area contributed by atoms with Gasteiger partial charge in [0.1, 0.15) is 0 Å². The highest BCUT2D eigenvalue weighted by atomic mass is 32.2. The highest BCUT2D eigenvalue weighted by Gasteiger charge is 2.57. The minimum Gasteiger partial charge on any atom is -0.437 e. The Morgan fingerprint density at radius 1 is 0.950 bits per heavy atom. The molecule has 9 heteroatoms. The number of benzene rings is 2. The maximum atomic E-state index is 13.7. The Kier molecular flexibility index (Phi) is 8.78. The monoisotopic (exact) mass is 597 g/mol. The average molecular weight is 598 g/mol. The van der Waals surface area contributed by atoms with Gasteiger partial charge in [0.25, 0.3) is 5.91 Å². The predicted molar refractivity (Wildman–Crippen MR) is 166 cm³/mol. The summed E-state index contributed by atoms with van der Waals surface area (Å²) >= 11 is 1.40. The summed E-state index contributed by atoms with van der Waals surface area (Å²) in [7, 11) is -1.69. The zero-order valence-electron chi connectivity index (χ0n) is 24.2. The van der Waals surface area contributed by atoms with Crippen molar-refractivity contribution < 1.29 is 22.7 Å². The molecule has 1 unspecified atom stereocenters. The second-order valence-corrected chi connectivity index (χ2v) is 21.0. The van der Waals surface area contributed by atoms with Crippen molar-refractivity contribution in [1.82, 2.24) is 4.90 Å². The molecule has 0 radical (unpaired) electrons. The topological polar surface area (TPSA) is 80.8 Å². The van der Waals surface area contributed by atoms with Crippen molar-refractivity contribution in [3.05, 3.63) is 71.1 Å². The number of hydrogen-bond donors (Lipinski definition) is 0. The first-order chi connectivity index (χ1) is 18.7. The summed E-state index contributed by atoms with van der Waals surface area (Å²) in [5, 5.41) is 0. The fourth-order valence-electron chi connectivity index (χ4n) is 5.39. The number of amides is 1. The zero-order valence-corrected chi connectivity index (χ0v) is 26.8. The lowest BCUT2D eigenvalue weighted by atomic mass is 9.91. The fraction of sp³-hybridized carbons (Fsp3) is 0.419. The zero-order chi connectivity index (χ0) is 29.3. The molecule has 214 valence electrons. The van der Waals surface area contributed by atoms with Crippen LogP contribution in [0.1, 0.15) is 41.4 Å². The molecule has 3 aromatic rings. The number of nitrogens with zero attached hydrogens (tertiary/aromatic N) is 1. The summed E-state index contributed by atoms with van der Waals surface area (Å²) in [5.74, 6) is -0.853. The number of sulfone groups is 1. The van der Waals surface area contributed by atoms with Crippen molar-refractivity contribution in [3.8, 4) is 21.6 Å². The third-order valence-electron chi connectivity index (χ3n) is 7.49. The Balaban J connectivity index is 1.66. The van der Waals surface area contributed by atoms with Gasteiger partial charge in [-0.3, -0.25) is 9.59 Å². The molecule has 4 rings (SSSR count). The molecule has 2 heterocycles. The van der Waals surface area contributed by atoms with E-state index in [1.165, 1.54) is 18.3 Å². The lowest BCUT2D eigenvalue weighted by Crippen LogP contribution is -2.50. The van der Waals surface area contributed by atoms with Gasteiger partial charge in [0.2, 0.25) is 4.93 Å². The maximum absolute atomic E-state index is 13.7. The SMILES string of the molecule is CC(=O)O[C@@]1(c2ccc(-c3ccc(-c4ccc(C(=O)N(C)C)cc4)cc3)s2)C(CC[Si](C)(C)C)CCCS1(=O)=O. The number of thiophene rings is 1. The third kappa shape index (κ3) is 6.26. The van der Waals surface area contributed by atoms with Crippen LogP contribution in [0.2, 0.25) is 25.7 Å². The smallest absolute Gasteiger partial charge is 0.304 e. The molecule has 1 amide bonds. The molecular formula is C31H39NO5S2Si. The van der Waals surface area contributed by atoms with Gasteiger partial charge in [0, 0.05) is 45.5 Å². The van der Waals surface area contributed by atoms with E-state index >= 15 is 0 Å². The molecule has 0 bridgehead atoms. The first-order valence-corrected chi connectivity index (χ1v) is 19.9. The number of hydrogen-bond acceptors (Lipinski definition) is 6. The van der Waals surface area contributed by atoms with Crippen molar-refractivity contribution >= 4 is 41.1 Å². The van der Waals surface area contributed by atoms with Crippen molar-refractivity contribution in [2.75, 3.05) is 19.8 Å². The summed E-state index contributed by atoms with van der Waals surface area (Å²) in [6.07, 6.45) is 2.03. The summed E-state index contributed by atoms with van der Waals surface area (Å²) < 4.78 is 33.4. The molecule has 6 nitrogen and oxygen atoms in total. The van der Waals surface area contributed by atoms with E-state index in [0.29, 0.717) is 16.9 Å². The van der Waals surface area contributed by atoms with Crippen molar-refractivity contribution in [1.29, 1.82) is 0 Å². The van der Waals surface area contributed by atoms with Crippen LogP contribution in [0, 0.1) is 5.92 Å². The molecule has 1 aromatic heterocycles. The average Bonchev–Trinajstić information content (AvgIpc) is 3.38. The standard InChI is InChI=1S/C31H39NO5S2Si/c1-22(33)37-31(27(19-21-40(4,5)6)8-7-20-39(31,35)36)29-18-17-28(38-29)25-13-9-23(10-14-25)24-11-15-26(16-12-24)30(34)32(2)3/h9-18,27H,7-8,19-21H2,1-6H3/t27?,31-/m0/s1. The van der Waals surface area contributed by atoms with Crippen LogP contribution >= 0.6 is 11.3 Å². The van der Waals surface area contributed by atoms with Gasteiger partial charge in [-0.25, -0.2) is 8.42 Å². The van der Waals surface area contributed by atoms with Gasteiger partial charge in [0.15, 0.2) is 9.84 Å². The van der Waals surface area contributed by atoms with Gasteiger partial charge in [-0.1, -0.05) is 62.1 Å². The number of esters is 1. The summed E-state index contributed by atoms with van der Waals surface area (Å²) in [6.45, 7) is 8.14. The second kappa shape index (κ2) is 11.6. The first-order valence-electron chi connectivity index (χ1n) is 13.7. The molecule has 2 aromatic carbocycles. The minimum atomic E-state index is -3.72. The third-order valence-corrected chi connectivity index (χ3v) is 13.0. The van der Waals surface area contributed by atoms with E-state index in [9.17, 15) is 18.0 Å². The predicted octanol–water partition coefficient (Wildman–Crippen LogP) is 7.05. The van der Waals surface area contributed by atoms with Crippen LogP contribution in [0.25, 0.3) is 21.6 Å². The van der Waals surface area contributed by atoms with E-state index in [-0.39, 0.29) is 17.6 Å². The van der Waals surface area contributed by atoms with Crippen molar-refractivity contribution in [2.24, 2.45) is 5.92 Å². The second-order valence-electron chi connectivity index (χ2n) is 12.0. The molecule has 0 N–H and O–H groups in total. The van der Waals surface area contributed by atoms with Gasteiger partial charge in [-0.15, -0.1) is 11.3 Å². The highest BCUT2D eigenvalue weighted by Crippen LogP contribution is 2.51. The van der Waals surface area contributed by atoms with E-state index in [2.05, 4.69) is 19.6 Å². The molecule has 1 aliphatic heterocycles. The Morgan fingerprint density at radius 2 is 1.52 bits per heavy atom. The van der Waals surface area contributed by atoms with Crippen LogP contribution < -0.4 is 0 Å². The molecule has 0 aliphatic carbocycles. The summed E-state index contributed by atoms with van der Waals surface area (Å²) in [5.41, 5.74) is 3.62. The number of ether oxygens (including phenoxy) is 1. The maximum Gasteiger partial charge on any atom is 0.304 e. The Hall–Kier alpha value is -2.75. The van der Waals surface area contributed by atoms with E-state index < -0.39 is 28.8 Å². The minimum absolute atomic E-state index is 0.0184. The van der Waals surface area contributed by atoms with Crippen LogP contribution in [0.4, 0.5) is 0 Å². The first kappa shape index (κ1) is 30.2. The van der Waals surface area contributed by atoms with Crippen LogP contribution in [0.5, 0.6) is 0 Å². The van der Waals surface area contributed by atoms with E-state index in [1.54, 1.807) is 19.0 Å². The van der Waals surface area contributed by atoms with Crippen molar-refractivity contribution in [3.63, 3.8) is 0 Å². The number of carbonyl (C=O) groups excluding carboxylic acids is 2. The Labute approximate surface area is 243 Å². The van der Waals surface area contributed by atoms with E-state index in [4.69, 9.17) is 4.74 Å². The molecule has 1 fully saturated rings. The van der Waals surface area contributed by atoms with Crippen LogP contribution in [0.3, 0.4) is 0 Å². The molecule has 0 saturated carbocycles. The number of rotatable bonds is 8. The summed E-state index contributed by atoms with van der Waals surface area (Å²) in [6, 6.07) is 20.3. The molecular weight excluding hydrogens is 559 g/mol. The van der Waals surface area contributed by atoms with Crippen LogP contribution in [-0.2, 0) is 24.3 Å². The van der Waals surface area contributed by atoms with Gasteiger partial charge in [0.05, 0.1) is 10.6 Å². The summed E-state index contributed by atoms with van der Waals surface area (Å²) in [4.78, 5) is 26.0. The quantitative estimate of drug-likeness (QED) is 0.205. The fourth-order valence-corrected chi connectivity index (χ4v) is 10.4. The molecule has 0 spiro atoms. The molecule has 1 aliphatic rings. The van der Waals surface area contributed by atoms with Crippen LogP contribution in [0.15, 0.2) is 60.7 Å². The van der Waals surface area contributed by atoms with Crippen LogP contribution in [-0.4, -0.2) is 53.1 Å². The molecule has 2 atom stereocenters. The Morgan fingerprint density at radius 3 is 2.08 bits per heavy atom.